The van der Waals surface area contributed by atoms with Crippen molar-refractivity contribution in [1.29, 1.82) is 0 Å². The molecule has 0 bridgehead atoms. The average molecular weight is 288 g/mol. The number of likely N-dealkylation sites (N-methyl/N-ethyl adjacent to an activating group) is 1. The molecular weight excluding hydrogens is 268 g/mol. The third-order valence-corrected chi connectivity index (χ3v) is 3.73. The van der Waals surface area contributed by atoms with Crippen LogP contribution in [-0.2, 0) is 4.74 Å². The van der Waals surface area contributed by atoms with Crippen LogP contribution in [0.3, 0.4) is 0 Å². The van der Waals surface area contributed by atoms with Gasteiger partial charge in [-0.15, -0.1) is 5.10 Å². The molecule has 112 valence electrons. The minimum absolute atomic E-state index is 0.00835. The van der Waals surface area contributed by atoms with Gasteiger partial charge in [-0.05, 0) is 26.1 Å². The number of para-hydroxylation sites is 1. The maximum Gasteiger partial charge on any atom is 0.336 e. The van der Waals surface area contributed by atoms with Crippen molar-refractivity contribution in [2.45, 2.75) is 31.6 Å². The molecule has 0 radical (unpaired) electrons. The fourth-order valence-electron chi connectivity index (χ4n) is 2.54. The first-order valence-electron chi connectivity index (χ1n) is 7.24. The van der Waals surface area contributed by atoms with Crippen molar-refractivity contribution in [3.8, 4) is 11.7 Å². The number of aromatic nitrogens is 3. The number of hydrogen-bond donors (Lipinski definition) is 1. The minimum atomic E-state index is 0.00835. The highest BCUT2D eigenvalue weighted by atomic mass is 16.6. The van der Waals surface area contributed by atoms with Gasteiger partial charge in [0.15, 0.2) is 0 Å². The summed E-state index contributed by atoms with van der Waals surface area (Å²) in [6.07, 6.45) is 2.63. The summed E-state index contributed by atoms with van der Waals surface area (Å²) in [5.41, 5.74) is 0.961. The van der Waals surface area contributed by atoms with E-state index < -0.39 is 0 Å². The molecule has 1 aliphatic carbocycles. The molecule has 21 heavy (non-hydrogen) atoms. The Kier molecular flexibility index (Phi) is 4.17. The van der Waals surface area contributed by atoms with Crippen molar-refractivity contribution in [1.82, 2.24) is 20.1 Å². The Morgan fingerprint density at radius 2 is 2.14 bits per heavy atom. The van der Waals surface area contributed by atoms with Crippen molar-refractivity contribution >= 4 is 0 Å². The first kappa shape index (κ1) is 14.0. The number of hydrogen-bond acceptors (Lipinski definition) is 5. The molecule has 2 aromatic rings. The number of rotatable bonds is 6. The predicted octanol–water partition coefficient (Wildman–Crippen LogP) is 1.41. The lowest BCUT2D eigenvalue weighted by Crippen LogP contribution is -2.60. The maximum atomic E-state index is 5.84. The van der Waals surface area contributed by atoms with Crippen molar-refractivity contribution in [2.24, 2.45) is 0 Å². The maximum absolute atomic E-state index is 5.84. The average Bonchev–Trinajstić information content (AvgIpc) is 2.98. The molecule has 0 saturated heterocycles. The Balaban J connectivity index is 1.65. The van der Waals surface area contributed by atoms with E-state index in [-0.39, 0.29) is 12.2 Å². The first-order valence-corrected chi connectivity index (χ1v) is 7.24. The molecule has 6 nitrogen and oxygen atoms in total. The van der Waals surface area contributed by atoms with Gasteiger partial charge in [-0.3, -0.25) is 0 Å². The third-order valence-electron chi connectivity index (χ3n) is 3.73. The van der Waals surface area contributed by atoms with Gasteiger partial charge in [0, 0.05) is 19.1 Å². The van der Waals surface area contributed by atoms with Crippen LogP contribution in [0.4, 0.5) is 0 Å². The Bertz CT molecular complexity index is 572. The van der Waals surface area contributed by atoms with Crippen LogP contribution in [0.15, 0.2) is 36.7 Å². The molecule has 1 saturated carbocycles. The van der Waals surface area contributed by atoms with Crippen molar-refractivity contribution < 1.29 is 9.47 Å². The van der Waals surface area contributed by atoms with Crippen molar-refractivity contribution in [3.05, 3.63) is 36.7 Å². The number of ether oxygens (including phenoxy) is 2. The molecule has 6 heteroatoms. The molecule has 0 amide bonds. The van der Waals surface area contributed by atoms with Gasteiger partial charge in [-0.25, -0.2) is 4.68 Å². The van der Waals surface area contributed by atoms with Crippen LogP contribution in [0, 0.1) is 0 Å². The lowest BCUT2D eigenvalue weighted by Gasteiger charge is -2.42. The number of benzene rings is 1. The fourth-order valence-corrected chi connectivity index (χ4v) is 2.54. The molecule has 1 aromatic carbocycles. The molecule has 1 aromatic heterocycles. The SMILES string of the molecule is CCOC1C(NC)CC1Oc1ncn(-c2ccccc2)n1. The second-order valence-electron chi connectivity index (χ2n) is 5.01. The standard InChI is InChI=1S/C15H20N4O2/c1-3-20-14-12(16-2)9-13(14)21-15-17-10-19(18-15)11-7-5-4-6-8-11/h4-8,10,12-14,16H,3,9H2,1-2H3. The van der Waals surface area contributed by atoms with Crippen LogP contribution in [0.25, 0.3) is 5.69 Å². The lowest BCUT2D eigenvalue weighted by molar-refractivity contribution is -0.105. The Morgan fingerprint density at radius 3 is 2.86 bits per heavy atom. The number of nitrogens with one attached hydrogen (secondary N) is 1. The quantitative estimate of drug-likeness (QED) is 0.871. The van der Waals surface area contributed by atoms with Gasteiger partial charge < -0.3 is 14.8 Å². The van der Waals surface area contributed by atoms with Gasteiger partial charge in [0.1, 0.15) is 18.5 Å². The number of nitrogens with zero attached hydrogens (tertiary/aromatic N) is 3. The molecule has 1 N–H and O–H groups in total. The highest BCUT2D eigenvalue weighted by Gasteiger charge is 2.43. The summed E-state index contributed by atoms with van der Waals surface area (Å²) in [6, 6.07) is 10.6. The molecule has 3 atom stereocenters. The summed E-state index contributed by atoms with van der Waals surface area (Å²) in [7, 11) is 1.94. The zero-order valence-corrected chi connectivity index (χ0v) is 12.3. The van der Waals surface area contributed by atoms with E-state index in [1.807, 2.05) is 44.3 Å². The molecule has 1 heterocycles. The molecule has 0 aliphatic heterocycles. The summed E-state index contributed by atoms with van der Waals surface area (Å²) in [5, 5.41) is 7.59. The Hall–Kier alpha value is -1.92. The second kappa shape index (κ2) is 6.24. The second-order valence-corrected chi connectivity index (χ2v) is 5.01. The van der Waals surface area contributed by atoms with E-state index >= 15 is 0 Å². The van der Waals surface area contributed by atoms with E-state index in [2.05, 4.69) is 15.4 Å². The molecule has 3 unspecified atom stereocenters. The van der Waals surface area contributed by atoms with E-state index in [1.165, 1.54) is 0 Å². The van der Waals surface area contributed by atoms with Gasteiger partial charge in [0.2, 0.25) is 0 Å². The minimum Gasteiger partial charge on any atom is -0.456 e. The van der Waals surface area contributed by atoms with Gasteiger partial charge in [-0.2, -0.15) is 4.98 Å². The topological polar surface area (TPSA) is 61.2 Å². The Labute approximate surface area is 124 Å². The van der Waals surface area contributed by atoms with Gasteiger partial charge in [0.25, 0.3) is 0 Å². The van der Waals surface area contributed by atoms with Crippen LogP contribution in [0.1, 0.15) is 13.3 Å². The Morgan fingerprint density at radius 1 is 1.33 bits per heavy atom. The van der Waals surface area contributed by atoms with Crippen molar-refractivity contribution in [2.75, 3.05) is 13.7 Å². The smallest absolute Gasteiger partial charge is 0.336 e. The molecule has 3 rings (SSSR count). The van der Waals surface area contributed by atoms with Gasteiger partial charge >= 0.3 is 6.01 Å². The molecule has 0 spiro atoms. The summed E-state index contributed by atoms with van der Waals surface area (Å²) in [6.45, 7) is 2.67. The zero-order valence-electron chi connectivity index (χ0n) is 12.3. The van der Waals surface area contributed by atoms with Crippen LogP contribution in [-0.4, -0.2) is 46.7 Å². The molecular formula is C15H20N4O2. The zero-order chi connectivity index (χ0) is 14.7. The van der Waals surface area contributed by atoms with E-state index in [4.69, 9.17) is 9.47 Å². The fraction of sp³-hybridized carbons (Fsp3) is 0.467. The van der Waals surface area contributed by atoms with Crippen LogP contribution in [0.5, 0.6) is 6.01 Å². The highest BCUT2D eigenvalue weighted by molar-refractivity contribution is 5.29. The summed E-state index contributed by atoms with van der Waals surface area (Å²) in [5.74, 6) is 0. The normalized spacial score (nSPS) is 24.6. The van der Waals surface area contributed by atoms with Crippen molar-refractivity contribution in [3.63, 3.8) is 0 Å². The lowest BCUT2D eigenvalue weighted by atomic mass is 9.85. The predicted molar refractivity (Wildman–Crippen MR) is 78.7 cm³/mol. The van der Waals surface area contributed by atoms with E-state index in [9.17, 15) is 0 Å². The monoisotopic (exact) mass is 288 g/mol. The van der Waals surface area contributed by atoms with Crippen LogP contribution < -0.4 is 10.1 Å². The largest absolute Gasteiger partial charge is 0.456 e. The molecule has 1 fully saturated rings. The van der Waals surface area contributed by atoms with E-state index in [0.29, 0.717) is 18.7 Å². The summed E-state index contributed by atoms with van der Waals surface area (Å²) in [4.78, 5) is 4.21. The van der Waals surface area contributed by atoms with Crippen LogP contribution in [0.2, 0.25) is 0 Å². The summed E-state index contributed by atoms with van der Waals surface area (Å²) < 4.78 is 13.3. The third kappa shape index (κ3) is 2.91. The van der Waals surface area contributed by atoms with E-state index in [1.54, 1.807) is 11.0 Å². The van der Waals surface area contributed by atoms with Gasteiger partial charge in [0.05, 0.1) is 5.69 Å². The summed E-state index contributed by atoms with van der Waals surface area (Å²) >= 11 is 0. The van der Waals surface area contributed by atoms with E-state index in [0.717, 1.165) is 12.1 Å². The molecule has 1 aliphatic rings. The first-order chi connectivity index (χ1) is 10.3. The highest BCUT2D eigenvalue weighted by Crippen LogP contribution is 2.27. The van der Waals surface area contributed by atoms with Gasteiger partial charge in [-0.1, -0.05) is 18.2 Å². The van der Waals surface area contributed by atoms with Crippen LogP contribution >= 0.6 is 0 Å².